The SMILES string of the molecule is CC1CC1c1ccc(C=CC(=O)Nc2cccc(NC(=O)C(N)=O)c2)o1. The Bertz CT molecular complexity index is 884. The van der Waals surface area contributed by atoms with Crippen molar-refractivity contribution >= 4 is 35.2 Å². The predicted octanol–water partition coefficient (Wildman–Crippen LogP) is 2.48. The van der Waals surface area contributed by atoms with Crippen LogP contribution in [0.1, 0.15) is 30.8 Å². The molecule has 1 aliphatic rings. The minimum atomic E-state index is -1.08. The minimum Gasteiger partial charge on any atom is -0.461 e. The zero-order valence-electron chi connectivity index (χ0n) is 14.2. The number of rotatable bonds is 5. The summed E-state index contributed by atoms with van der Waals surface area (Å²) in [6.45, 7) is 2.18. The number of benzene rings is 1. The summed E-state index contributed by atoms with van der Waals surface area (Å²) >= 11 is 0. The molecule has 3 amide bonds. The average Bonchev–Trinajstić information content (AvgIpc) is 3.14. The van der Waals surface area contributed by atoms with Gasteiger partial charge in [-0.2, -0.15) is 0 Å². The first-order chi connectivity index (χ1) is 12.4. The third-order valence-corrected chi connectivity index (χ3v) is 4.13. The fraction of sp³-hybridized carbons (Fsp3) is 0.211. The summed E-state index contributed by atoms with van der Waals surface area (Å²) in [6, 6.07) is 10.2. The first kappa shape index (κ1) is 17.5. The van der Waals surface area contributed by atoms with Crippen molar-refractivity contribution < 1.29 is 18.8 Å². The van der Waals surface area contributed by atoms with Crippen LogP contribution in [0.5, 0.6) is 0 Å². The highest BCUT2D eigenvalue weighted by molar-refractivity contribution is 6.39. The summed E-state index contributed by atoms with van der Waals surface area (Å²) in [7, 11) is 0. The van der Waals surface area contributed by atoms with E-state index in [0.29, 0.717) is 29.0 Å². The van der Waals surface area contributed by atoms with Crippen LogP contribution < -0.4 is 16.4 Å². The highest BCUT2D eigenvalue weighted by Crippen LogP contribution is 2.47. The molecule has 0 bridgehead atoms. The van der Waals surface area contributed by atoms with Crippen molar-refractivity contribution in [2.24, 2.45) is 11.7 Å². The summed E-state index contributed by atoms with van der Waals surface area (Å²) in [5.41, 5.74) is 5.71. The lowest BCUT2D eigenvalue weighted by Crippen LogP contribution is -2.29. The molecule has 2 atom stereocenters. The Balaban J connectivity index is 1.58. The molecule has 4 N–H and O–H groups in total. The average molecular weight is 353 g/mol. The first-order valence-corrected chi connectivity index (χ1v) is 8.22. The van der Waals surface area contributed by atoms with Crippen LogP contribution in [0.4, 0.5) is 11.4 Å². The van der Waals surface area contributed by atoms with Gasteiger partial charge >= 0.3 is 11.8 Å². The van der Waals surface area contributed by atoms with Crippen molar-refractivity contribution in [2.45, 2.75) is 19.3 Å². The number of nitrogens with one attached hydrogen (secondary N) is 2. The lowest BCUT2D eigenvalue weighted by Gasteiger charge is -2.06. The smallest absolute Gasteiger partial charge is 0.313 e. The van der Waals surface area contributed by atoms with Gasteiger partial charge in [0.1, 0.15) is 11.5 Å². The molecule has 134 valence electrons. The minimum absolute atomic E-state index is 0.346. The maximum absolute atomic E-state index is 12.0. The first-order valence-electron chi connectivity index (χ1n) is 8.22. The quantitative estimate of drug-likeness (QED) is 0.566. The van der Waals surface area contributed by atoms with Crippen molar-refractivity contribution in [3.05, 3.63) is 54.0 Å². The normalized spacial score (nSPS) is 18.5. The van der Waals surface area contributed by atoms with E-state index in [4.69, 9.17) is 10.2 Å². The van der Waals surface area contributed by atoms with Crippen LogP contribution in [0.3, 0.4) is 0 Å². The van der Waals surface area contributed by atoms with Gasteiger partial charge in [-0.25, -0.2) is 0 Å². The van der Waals surface area contributed by atoms with Crippen molar-refractivity contribution in [1.29, 1.82) is 0 Å². The number of hydrogen-bond acceptors (Lipinski definition) is 4. The molecule has 2 aromatic rings. The zero-order valence-corrected chi connectivity index (χ0v) is 14.2. The molecular weight excluding hydrogens is 334 g/mol. The van der Waals surface area contributed by atoms with E-state index in [9.17, 15) is 14.4 Å². The molecule has 1 saturated carbocycles. The molecule has 0 spiro atoms. The lowest BCUT2D eigenvalue weighted by atomic mass is 10.2. The Labute approximate surface area is 150 Å². The van der Waals surface area contributed by atoms with E-state index in [1.807, 2.05) is 12.1 Å². The second kappa shape index (κ2) is 7.26. The third kappa shape index (κ3) is 4.38. The van der Waals surface area contributed by atoms with Crippen LogP contribution in [-0.4, -0.2) is 17.7 Å². The summed E-state index contributed by atoms with van der Waals surface area (Å²) in [6.07, 6.45) is 4.11. The van der Waals surface area contributed by atoms with Crippen LogP contribution in [0.15, 0.2) is 46.9 Å². The monoisotopic (exact) mass is 353 g/mol. The third-order valence-electron chi connectivity index (χ3n) is 4.13. The van der Waals surface area contributed by atoms with E-state index in [1.54, 1.807) is 24.3 Å². The van der Waals surface area contributed by atoms with Gasteiger partial charge in [0.2, 0.25) is 5.91 Å². The van der Waals surface area contributed by atoms with Crippen LogP contribution in [0, 0.1) is 5.92 Å². The fourth-order valence-electron chi connectivity index (χ4n) is 2.58. The number of amides is 3. The van der Waals surface area contributed by atoms with E-state index < -0.39 is 11.8 Å². The molecule has 1 aliphatic carbocycles. The Morgan fingerprint density at radius 2 is 1.85 bits per heavy atom. The maximum atomic E-state index is 12.0. The second-order valence-corrected chi connectivity index (χ2v) is 6.28. The van der Waals surface area contributed by atoms with Crippen molar-refractivity contribution in [1.82, 2.24) is 0 Å². The number of carbonyl (C=O) groups excluding carboxylic acids is 3. The van der Waals surface area contributed by atoms with Crippen molar-refractivity contribution in [2.75, 3.05) is 10.6 Å². The molecule has 2 unspecified atom stereocenters. The predicted molar refractivity (Wildman–Crippen MR) is 97.2 cm³/mol. The van der Waals surface area contributed by atoms with Gasteiger partial charge in [-0.05, 0) is 48.7 Å². The summed E-state index contributed by atoms with van der Waals surface area (Å²) in [5.74, 6) is 0.369. The van der Waals surface area contributed by atoms with Gasteiger partial charge < -0.3 is 20.8 Å². The number of hydrogen-bond donors (Lipinski definition) is 3. The van der Waals surface area contributed by atoms with Crippen LogP contribution in [-0.2, 0) is 14.4 Å². The summed E-state index contributed by atoms with van der Waals surface area (Å²) < 4.78 is 5.71. The maximum Gasteiger partial charge on any atom is 0.313 e. The topological polar surface area (TPSA) is 114 Å². The number of anilines is 2. The highest BCUT2D eigenvalue weighted by atomic mass is 16.3. The second-order valence-electron chi connectivity index (χ2n) is 6.28. The van der Waals surface area contributed by atoms with Gasteiger partial charge in [0.05, 0.1) is 0 Å². The van der Waals surface area contributed by atoms with Crippen molar-refractivity contribution in [3.63, 3.8) is 0 Å². The van der Waals surface area contributed by atoms with Crippen LogP contribution in [0.25, 0.3) is 6.08 Å². The molecule has 1 aromatic heterocycles. The Hall–Kier alpha value is -3.35. The molecule has 1 fully saturated rings. The molecule has 3 rings (SSSR count). The Morgan fingerprint density at radius 1 is 1.15 bits per heavy atom. The molecule has 0 aliphatic heterocycles. The van der Waals surface area contributed by atoms with E-state index in [0.717, 1.165) is 12.2 Å². The number of nitrogens with two attached hydrogens (primary N) is 1. The summed E-state index contributed by atoms with van der Waals surface area (Å²) in [5, 5.41) is 5.01. The van der Waals surface area contributed by atoms with Crippen LogP contribution in [0.2, 0.25) is 0 Å². The largest absolute Gasteiger partial charge is 0.461 e. The van der Waals surface area contributed by atoms with E-state index in [1.165, 1.54) is 12.1 Å². The Kier molecular flexibility index (Phi) is 4.88. The van der Waals surface area contributed by atoms with Gasteiger partial charge in [0.25, 0.3) is 0 Å². The number of furan rings is 1. The molecule has 1 aromatic carbocycles. The van der Waals surface area contributed by atoms with Gasteiger partial charge in [-0.15, -0.1) is 0 Å². The molecule has 7 nitrogen and oxygen atoms in total. The van der Waals surface area contributed by atoms with Gasteiger partial charge in [-0.3, -0.25) is 14.4 Å². The highest BCUT2D eigenvalue weighted by Gasteiger charge is 2.36. The van der Waals surface area contributed by atoms with Gasteiger partial charge in [-0.1, -0.05) is 13.0 Å². The molecular formula is C19H19N3O4. The molecule has 0 radical (unpaired) electrons. The standard InChI is InChI=1S/C19H19N3O4/c1-11-9-15(11)16-7-5-14(26-16)6-8-17(23)21-12-3-2-4-13(10-12)22-19(25)18(20)24/h2-8,10-11,15H,9H2,1H3,(H2,20,24)(H,21,23)(H,22,25). The van der Waals surface area contributed by atoms with Gasteiger partial charge in [0, 0.05) is 23.4 Å². The number of carbonyl (C=O) groups is 3. The fourth-order valence-corrected chi connectivity index (χ4v) is 2.58. The van der Waals surface area contributed by atoms with Crippen LogP contribution >= 0.6 is 0 Å². The summed E-state index contributed by atoms with van der Waals surface area (Å²) in [4.78, 5) is 34.1. The van der Waals surface area contributed by atoms with Crippen molar-refractivity contribution in [3.8, 4) is 0 Å². The zero-order chi connectivity index (χ0) is 18.7. The molecule has 0 saturated heterocycles. The molecule has 7 heteroatoms. The van der Waals surface area contributed by atoms with E-state index in [-0.39, 0.29) is 5.91 Å². The molecule has 26 heavy (non-hydrogen) atoms. The van der Waals surface area contributed by atoms with E-state index in [2.05, 4.69) is 17.6 Å². The lowest BCUT2D eigenvalue weighted by molar-refractivity contribution is -0.134. The van der Waals surface area contributed by atoms with Gasteiger partial charge in [0.15, 0.2) is 0 Å². The number of primary amides is 1. The molecule has 1 heterocycles. The van der Waals surface area contributed by atoms with E-state index >= 15 is 0 Å². The Morgan fingerprint density at radius 3 is 2.50 bits per heavy atom.